The third-order valence-electron chi connectivity index (χ3n) is 3.65. The zero-order chi connectivity index (χ0) is 17.4. The van der Waals surface area contributed by atoms with Crippen molar-refractivity contribution >= 4 is 17.3 Å². The smallest absolute Gasteiger partial charge is 0.191 e. The van der Waals surface area contributed by atoms with E-state index in [4.69, 9.17) is 4.74 Å². The van der Waals surface area contributed by atoms with Crippen molar-refractivity contribution < 1.29 is 4.74 Å². The van der Waals surface area contributed by atoms with E-state index in [2.05, 4.69) is 46.6 Å². The van der Waals surface area contributed by atoms with Crippen molar-refractivity contribution in [3.63, 3.8) is 0 Å². The normalized spacial score (nSPS) is 11.4. The third kappa shape index (κ3) is 5.53. The first kappa shape index (κ1) is 18.3. The molecule has 2 N–H and O–H groups in total. The number of rotatable bonds is 7. The Labute approximate surface area is 148 Å². The Bertz CT molecular complexity index is 645. The summed E-state index contributed by atoms with van der Waals surface area (Å²) in [4.78, 5) is 10.4. The zero-order valence-corrected chi connectivity index (χ0v) is 15.7. The highest BCUT2D eigenvalue weighted by molar-refractivity contribution is 7.11. The molecule has 1 aromatic heterocycles. The number of hydrogen-bond acceptors (Lipinski definition) is 4. The topological polar surface area (TPSA) is 58.5 Å². The summed E-state index contributed by atoms with van der Waals surface area (Å²) in [5, 5.41) is 7.70. The van der Waals surface area contributed by atoms with Gasteiger partial charge in [0.1, 0.15) is 10.8 Å². The second-order valence-corrected chi connectivity index (χ2v) is 6.76. The van der Waals surface area contributed by atoms with Crippen molar-refractivity contribution in [2.75, 3.05) is 20.2 Å². The first-order valence-corrected chi connectivity index (χ1v) is 9.02. The molecule has 0 aliphatic rings. The molecule has 0 fully saturated rings. The molecule has 0 aliphatic carbocycles. The van der Waals surface area contributed by atoms with Crippen LogP contribution < -0.4 is 15.4 Å². The van der Waals surface area contributed by atoms with Crippen molar-refractivity contribution in [3.05, 3.63) is 45.4 Å². The van der Waals surface area contributed by atoms with Crippen LogP contribution >= 0.6 is 11.3 Å². The van der Waals surface area contributed by atoms with Crippen LogP contribution in [0.3, 0.4) is 0 Å². The lowest BCUT2D eigenvalue weighted by Gasteiger charge is -2.11. The zero-order valence-electron chi connectivity index (χ0n) is 14.8. The molecule has 0 aliphatic heterocycles. The van der Waals surface area contributed by atoms with Crippen LogP contribution in [0.25, 0.3) is 0 Å². The fraction of sp³-hybridized carbons (Fsp3) is 0.444. The number of nitrogens with one attached hydrogen (secondary N) is 2. The number of benzene rings is 1. The SMILES string of the molecule is CCNC(=NCc1nc(C)c(C)s1)NCCc1ccc(OC)cc1. The molecule has 1 aromatic carbocycles. The molecule has 0 atom stereocenters. The van der Waals surface area contributed by atoms with E-state index in [1.54, 1.807) is 18.4 Å². The number of methoxy groups -OCH3 is 1. The summed E-state index contributed by atoms with van der Waals surface area (Å²) in [6.45, 7) is 8.48. The molecule has 0 unspecified atom stereocenters. The molecule has 2 aromatic rings. The van der Waals surface area contributed by atoms with Gasteiger partial charge in [0.25, 0.3) is 0 Å². The number of guanidine groups is 1. The van der Waals surface area contributed by atoms with Gasteiger partial charge < -0.3 is 15.4 Å². The van der Waals surface area contributed by atoms with Gasteiger partial charge in [-0.2, -0.15) is 0 Å². The lowest BCUT2D eigenvalue weighted by Crippen LogP contribution is -2.38. The van der Waals surface area contributed by atoms with Gasteiger partial charge in [-0.1, -0.05) is 12.1 Å². The minimum Gasteiger partial charge on any atom is -0.497 e. The third-order valence-corrected chi connectivity index (χ3v) is 4.71. The van der Waals surface area contributed by atoms with E-state index in [1.165, 1.54) is 10.4 Å². The highest BCUT2D eigenvalue weighted by Gasteiger charge is 2.04. The molecule has 6 heteroatoms. The van der Waals surface area contributed by atoms with Crippen molar-refractivity contribution in [1.29, 1.82) is 0 Å². The van der Waals surface area contributed by atoms with Gasteiger partial charge in [0.2, 0.25) is 0 Å². The summed E-state index contributed by atoms with van der Waals surface area (Å²) in [7, 11) is 1.68. The second-order valence-electron chi connectivity index (χ2n) is 5.47. The average molecular weight is 347 g/mol. The lowest BCUT2D eigenvalue weighted by atomic mass is 10.1. The van der Waals surface area contributed by atoms with Gasteiger partial charge in [-0.25, -0.2) is 9.98 Å². The monoisotopic (exact) mass is 346 g/mol. The molecule has 5 nitrogen and oxygen atoms in total. The molecule has 1 heterocycles. The summed E-state index contributed by atoms with van der Waals surface area (Å²) in [5.74, 6) is 1.71. The standard InChI is InChI=1S/C18H26N4OS/c1-5-19-18(21-12-17-22-13(2)14(3)24-17)20-11-10-15-6-8-16(23-4)9-7-15/h6-9H,5,10-12H2,1-4H3,(H2,19,20,21). The Hall–Kier alpha value is -2.08. The fourth-order valence-corrected chi connectivity index (χ4v) is 3.07. The largest absolute Gasteiger partial charge is 0.497 e. The van der Waals surface area contributed by atoms with Gasteiger partial charge in [-0.3, -0.25) is 0 Å². The number of aromatic nitrogens is 1. The molecule has 0 saturated carbocycles. The average Bonchev–Trinajstić information content (AvgIpc) is 2.91. The Morgan fingerprint density at radius 3 is 2.54 bits per heavy atom. The predicted octanol–water partition coefficient (Wildman–Crippen LogP) is 3.07. The van der Waals surface area contributed by atoms with E-state index >= 15 is 0 Å². The van der Waals surface area contributed by atoms with Gasteiger partial charge in [-0.05, 0) is 44.9 Å². The van der Waals surface area contributed by atoms with Gasteiger partial charge in [-0.15, -0.1) is 11.3 Å². The Morgan fingerprint density at radius 1 is 1.21 bits per heavy atom. The van der Waals surface area contributed by atoms with Crippen molar-refractivity contribution in [3.8, 4) is 5.75 Å². The number of hydrogen-bond donors (Lipinski definition) is 2. The van der Waals surface area contributed by atoms with E-state index in [0.29, 0.717) is 6.54 Å². The van der Waals surface area contributed by atoms with E-state index in [-0.39, 0.29) is 0 Å². The Morgan fingerprint density at radius 2 is 1.96 bits per heavy atom. The van der Waals surface area contributed by atoms with Crippen molar-refractivity contribution in [1.82, 2.24) is 15.6 Å². The van der Waals surface area contributed by atoms with Crippen LogP contribution in [-0.4, -0.2) is 31.1 Å². The van der Waals surface area contributed by atoms with Gasteiger partial charge in [0, 0.05) is 18.0 Å². The quantitative estimate of drug-likeness (QED) is 0.597. The Balaban J connectivity index is 1.86. The maximum absolute atomic E-state index is 5.18. The van der Waals surface area contributed by atoms with Crippen LogP contribution in [0.2, 0.25) is 0 Å². The van der Waals surface area contributed by atoms with Crippen LogP contribution in [0, 0.1) is 13.8 Å². The summed E-state index contributed by atoms with van der Waals surface area (Å²) in [6.07, 6.45) is 0.934. The maximum Gasteiger partial charge on any atom is 0.191 e. The summed E-state index contributed by atoms with van der Waals surface area (Å²) in [5.41, 5.74) is 2.37. The molecule has 24 heavy (non-hydrogen) atoms. The van der Waals surface area contributed by atoms with Crippen LogP contribution in [0.4, 0.5) is 0 Å². The number of ether oxygens (including phenoxy) is 1. The highest BCUT2D eigenvalue weighted by Crippen LogP contribution is 2.17. The summed E-state index contributed by atoms with van der Waals surface area (Å²) < 4.78 is 5.18. The van der Waals surface area contributed by atoms with E-state index in [9.17, 15) is 0 Å². The molecular formula is C18H26N4OS. The fourth-order valence-electron chi connectivity index (χ4n) is 2.21. The molecule has 0 spiro atoms. The minimum atomic E-state index is 0.608. The molecule has 130 valence electrons. The van der Waals surface area contributed by atoms with Crippen molar-refractivity contribution in [2.24, 2.45) is 4.99 Å². The van der Waals surface area contributed by atoms with Crippen LogP contribution in [-0.2, 0) is 13.0 Å². The van der Waals surface area contributed by atoms with E-state index in [0.717, 1.165) is 41.9 Å². The number of thiazole rings is 1. The Kier molecular flexibility index (Phi) is 7.06. The van der Waals surface area contributed by atoms with E-state index in [1.807, 2.05) is 19.1 Å². The molecule has 2 rings (SSSR count). The molecule has 0 amide bonds. The molecular weight excluding hydrogens is 320 g/mol. The lowest BCUT2D eigenvalue weighted by molar-refractivity contribution is 0.414. The number of aryl methyl sites for hydroxylation is 2. The predicted molar refractivity (Wildman–Crippen MR) is 101 cm³/mol. The summed E-state index contributed by atoms with van der Waals surface area (Å²) >= 11 is 1.71. The maximum atomic E-state index is 5.18. The minimum absolute atomic E-state index is 0.608. The van der Waals surface area contributed by atoms with Crippen LogP contribution in [0.15, 0.2) is 29.3 Å². The van der Waals surface area contributed by atoms with Crippen molar-refractivity contribution in [2.45, 2.75) is 33.7 Å². The first-order valence-electron chi connectivity index (χ1n) is 8.20. The molecule has 0 radical (unpaired) electrons. The van der Waals surface area contributed by atoms with Gasteiger partial charge in [0.15, 0.2) is 5.96 Å². The highest BCUT2D eigenvalue weighted by atomic mass is 32.1. The molecule has 0 bridgehead atoms. The summed E-state index contributed by atoms with van der Waals surface area (Å²) in [6, 6.07) is 8.15. The van der Waals surface area contributed by atoms with Gasteiger partial charge >= 0.3 is 0 Å². The van der Waals surface area contributed by atoms with E-state index < -0.39 is 0 Å². The first-order chi connectivity index (χ1) is 11.6. The van der Waals surface area contributed by atoms with Gasteiger partial charge in [0.05, 0.1) is 19.3 Å². The van der Waals surface area contributed by atoms with Crippen LogP contribution in [0.1, 0.15) is 28.1 Å². The number of aliphatic imine (C=N–C) groups is 1. The van der Waals surface area contributed by atoms with Crippen LogP contribution in [0.5, 0.6) is 5.75 Å². The molecule has 0 saturated heterocycles. The number of nitrogens with zero attached hydrogens (tertiary/aromatic N) is 2. The second kappa shape index (κ2) is 9.27.